The molecule has 0 unspecified atom stereocenters. The highest BCUT2D eigenvalue weighted by molar-refractivity contribution is 7.73. The van der Waals surface area contributed by atoms with Gasteiger partial charge < -0.3 is 5.11 Å². The van der Waals surface area contributed by atoms with Crippen molar-refractivity contribution in [2.24, 2.45) is 0 Å². The fourth-order valence-corrected chi connectivity index (χ4v) is 4.64. The third kappa shape index (κ3) is 3.73. The molecule has 0 aliphatic heterocycles. The first kappa shape index (κ1) is 18.7. The summed E-state index contributed by atoms with van der Waals surface area (Å²) in [6.07, 6.45) is -13.5. The summed E-state index contributed by atoms with van der Waals surface area (Å²) in [5, 5.41) is 12.4. The lowest BCUT2D eigenvalue weighted by atomic mass is 10.1. The van der Waals surface area contributed by atoms with Crippen LogP contribution < -0.4 is 15.7 Å². The SMILES string of the molecule is [O-]C(CP(c1ccccc1)c1ccccc1)(C(F)(F)F)C(F)(F)F. The maximum Gasteiger partial charge on any atom is 0.388 e. The number of hydrogen-bond donors (Lipinski definition) is 0. The molecule has 1 nitrogen and oxygen atoms in total. The van der Waals surface area contributed by atoms with E-state index in [0.717, 1.165) is 0 Å². The van der Waals surface area contributed by atoms with Crippen molar-refractivity contribution >= 4 is 18.5 Å². The summed E-state index contributed by atoms with van der Waals surface area (Å²) >= 11 is 0. The summed E-state index contributed by atoms with van der Waals surface area (Å²) in [5.74, 6) is 0. The largest absolute Gasteiger partial charge is 0.836 e. The van der Waals surface area contributed by atoms with Crippen molar-refractivity contribution in [3.05, 3.63) is 60.7 Å². The van der Waals surface area contributed by atoms with Crippen LogP contribution in [0.4, 0.5) is 26.3 Å². The van der Waals surface area contributed by atoms with Crippen LogP contribution in [0.3, 0.4) is 0 Å². The fraction of sp³-hybridized carbons (Fsp3) is 0.250. The van der Waals surface area contributed by atoms with E-state index in [1.54, 1.807) is 12.1 Å². The van der Waals surface area contributed by atoms with E-state index < -0.39 is 32.0 Å². The molecule has 0 saturated heterocycles. The van der Waals surface area contributed by atoms with Crippen molar-refractivity contribution in [1.82, 2.24) is 0 Å². The summed E-state index contributed by atoms with van der Waals surface area (Å²) in [5.41, 5.74) is -5.02. The van der Waals surface area contributed by atoms with Gasteiger partial charge in [0.15, 0.2) is 0 Å². The summed E-state index contributed by atoms with van der Waals surface area (Å²) in [4.78, 5) is 0. The number of alkyl halides is 6. The van der Waals surface area contributed by atoms with E-state index in [1.165, 1.54) is 48.5 Å². The van der Waals surface area contributed by atoms with Gasteiger partial charge in [0.2, 0.25) is 0 Å². The normalized spacial score (nSPS) is 13.3. The maximum absolute atomic E-state index is 13.0. The second kappa shape index (κ2) is 6.73. The lowest BCUT2D eigenvalue weighted by Crippen LogP contribution is -2.68. The van der Waals surface area contributed by atoms with E-state index in [0.29, 0.717) is 0 Å². The van der Waals surface area contributed by atoms with Gasteiger partial charge >= 0.3 is 12.4 Å². The Kier molecular flexibility index (Phi) is 5.25. The fourth-order valence-electron chi connectivity index (χ4n) is 2.11. The molecule has 0 fully saturated rings. The predicted molar refractivity (Wildman–Crippen MR) is 78.8 cm³/mol. The molecule has 0 aliphatic carbocycles. The lowest BCUT2D eigenvalue weighted by molar-refractivity contribution is -0.585. The lowest BCUT2D eigenvalue weighted by Gasteiger charge is -2.45. The average molecular weight is 365 g/mol. The van der Waals surface area contributed by atoms with Crippen LogP contribution in [0, 0.1) is 0 Å². The summed E-state index contributed by atoms with van der Waals surface area (Å²) in [7, 11) is -2.12. The monoisotopic (exact) mass is 365 g/mol. The molecule has 2 rings (SSSR count). The van der Waals surface area contributed by atoms with Crippen LogP contribution >= 0.6 is 7.92 Å². The minimum Gasteiger partial charge on any atom is -0.836 e. The summed E-state index contributed by atoms with van der Waals surface area (Å²) in [6.45, 7) is 0. The van der Waals surface area contributed by atoms with Gasteiger partial charge in [0, 0.05) is 0 Å². The van der Waals surface area contributed by atoms with Crippen molar-refractivity contribution in [2.75, 3.05) is 6.16 Å². The standard InChI is InChI=1S/C16H12F6OP/c17-15(18,19)14(23,16(20,21)22)11-24(12-7-3-1-4-8-12)13-9-5-2-6-10-13/h1-10H,11H2/q-1. The van der Waals surface area contributed by atoms with Gasteiger partial charge in [-0.15, -0.1) is 0 Å². The highest BCUT2D eigenvalue weighted by Gasteiger charge is 2.62. The van der Waals surface area contributed by atoms with Gasteiger partial charge in [-0.05, 0) is 24.7 Å². The van der Waals surface area contributed by atoms with Crippen LogP contribution in [0.25, 0.3) is 0 Å². The van der Waals surface area contributed by atoms with Gasteiger partial charge in [-0.2, -0.15) is 26.3 Å². The first-order chi connectivity index (χ1) is 11.1. The molecule has 0 heterocycles. The van der Waals surface area contributed by atoms with Crippen molar-refractivity contribution < 1.29 is 31.4 Å². The molecule has 0 spiro atoms. The zero-order valence-electron chi connectivity index (χ0n) is 12.1. The van der Waals surface area contributed by atoms with E-state index in [4.69, 9.17) is 0 Å². The van der Waals surface area contributed by atoms with Crippen LogP contribution in [0.1, 0.15) is 0 Å². The Morgan fingerprint density at radius 2 is 1.00 bits per heavy atom. The molecule has 0 aromatic heterocycles. The number of halogens is 6. The third-order valence-electron chi connectivity index (χ3n) is 3.43. The molecule has 0 radical (unpaired) electrons. The maximum atomic E-state index is 13.0. The van der Waals surface area contributed by atoms with Crippen LogP contribution in [-0.4, -0.2) is 24.1 Å². The molecule has 0 aliphatic rings. The minimum absolute atomic E-state index is 0.285. The zero-order chi connectivity index (χ0) is 18.0. The van der Waals surface area contributed by atoms with E-state index in [1.807, 2.05) is 0 Å². The topological polar surface area (TPSA) is 23.1 Å². The Hall–Kier alpha value is -1.59. The predicted octanol–water partition coefficient (Wildman–Crippen LogP) is 3.34. The Morgan fingerprint density at radius 3 is 1.29 bits per heavy atom. The van der Waals surface area contributed by atoms with Gasteiger partial charge in [-0.3, -0.25) is 0 Å². The highest BCUT2D eigenvalue weighted by Crippen LogP contribution is 2.48. The molecule has 0 amide bonds. The first-order valence-electron chi connectivity index (χ1n) is 6.78. The van der Waals surface area contributed by atoms with E-state index in [-0.39, 0.29) is 10.6 Å². The van der Waals surface area contributed by atoms with Gasteiger partial charge in [-0.25, -0.2) is 0 Å². The summed E-state index contributed by atoms with van der Waals surface area (Å²) < 4.78 is 77.8. The first-order valence-corrected chi connectivity index (χ1v) is 8.30. The quantitative estimate of drug-likeness (QED) is 0.602. The zero-order valence-corrected chi connectivity index (χ0v) is 13.0. The smallest absolute Gasteiger partial charge is 0.388 e. The Morgan fingerprint density at radius 1 is 0.667 bits per heavy atom. The van der Waals surface area contributed by atoms with Gasteiger partial charge in [0.1, 0.15) is 0 Å². The van der Waals surface area contributed by atoms with Crippen LogP contribution in [-0.2, 0) is 0 Å². The van der Waals surface area contributed by atoms with Gasteiger partial charge in [0.25, 0.3) is 0 Å². The number of hydrogen-bond acceptors (Lipinski definition) is 1. The minimum atomic E-state index is -5.94. The van der Waals surface area contributed by atoms with Crippen LogP contribution in [0.2, 0.25) is 0 Å². The molecular weight excluding hydrogens is 353 g/mol. The van der Waals surface area contributed by atoms with E-state index in [9.17, 15) is 31.4 Å². The van der Waals surface area contributed by atoms with Gasteiger partial charge in [0.05, 0.1) is 5.60 Å². The molecule has 0 saturated carbocycles. The molecule has 0 bridgehead atoms. The Bertz CT molecular complexity index is 600. The molecule has 24 heavy (non-hydrogen) atoms. The Labute approximate surface area is 135 Å². The van der Waals surface area contributed by atoms with Crippen molar-refractivity contribution in [1.29, 1.82) is 0 Å². The highest BCUT2D eigenvalue weighted by atomic mass is 31.1. The van der Waals surface area contributed by atoms with Crippen molar-refractivity contribution in [2.45, 2.75) is 18.0 Å². The van der Waals surface area contributed by atoms with E-state index in [2.05, 4.69) is 0 Å². The second-order valence-electron chi connectivity index (χ2n) is 5.08. The summed E-state index contributed by atoms with van der Waals surface area (Å²) in [6, 6.07) is 15.0. The third-order valence-corrected chi connectivity index (χ3v) is 6.04. The molecule has 0 N–H and O–H groups in total. The van der Waals surface area contributed by atoms with Gasteiger partial charge in [-0.1, -0.05) is 60.7 Å². The second-order valence-corrected chi connectivity index (χ2v) is 7.28. The average Bonchev–Trinajstić information content (AvgIpc) is 2.52. The molecule has 8 heteroatoms. The molecular formula is C16H12F6OP-. The number of benzene rings is 2. The van der Waals surface area contributed by atoms with Crippen molar-refractivity contribution in [3.8, 4) is 0 Å². The molecule has 2 aromatic carbocycles. The van der Waals surface area contributed by atoms with Crippen LogP contribution in [0.15, 0.2) is 60.7 Å². The number of rotatable bonds is 4. The molecule has 0 atom stereocenters. The Balaban J connectivity index is 2.52. The molecule has 2 aromatic rings. The van der Waals surface area contributed by atoms with Crippen LogP contribution in [0.5, 0.6) is 0 Å². The van der Waals surface area contributed by atoms with Crippen molar-refractivity contribution in [3.63, 3.8) is 0 Å². The van der Waals surface area contributed by atoms with E-state index >= 15 is 0 Å². The molecule has 130 valence electrons.